The summed E-state index contributed by atoms with van der Waals surface area (Å²) in [5, 5.41) is 11.9. The zero-order valence-electron chi connectivity index (χ0n) is 10.2. The second-order valence-electron chi connectivity index (χ2n) is 4.17. The number of rotatable bonds is 5. The highest BCUT2D eigenvalue weighted by molar-refractivity contribution is 5.78. The highest BCUT2D eigenvalue weighted by Gasteiger charge is 2.30. The quantitative estimate of drug-likeness (QED) is 0.756. The summed E-state index contributed by atoms with van der Waals surface area (Å²) < 4.78 is 37.6. The van der Waals surface area contributed by atoms with Crippen LogP contribution in [0.1, 0.15) is 24.1 Å². The lowest BCUT2D eigenvalue weighted by Gasteiger charge is -2.17. The molecule has 1 amide bonds. The molecular weight excluding hydrogens is 261 g/mol. The van der Waals surface area contributed by atoms with Gasteiger partial charge in [0.25, 0.3) is 0 Å². The van der Waals surface area contributed by atoms with Crippen molar-refractivity contribution < 1.29 is 23.1 Å². The number of alkyl halides is 3. The van der Waals surface area contributed by atoms with Crippen LogP contribution in [0, 0.1) is 0 Å². The van der Waals surface area contributed by atoms with Crippen molar-refractivity contribution in [1.29, 1.82) is 0 Å². The fraction of sp³-hybridized carbons (Fsp3) is 0.417. The number of hydrogen-bond donors (Lipinski definition) is 3. The maximum atomic E-state index is 12.5. The molecule has 0 fully saturated rings. The number of amides is 1. The molecule has 0 spiro atoms. The molecule has 1 aromatic carbocycles. The van der Waals surface area contributed by atoms with Crippen LogP contribution in [0.25, 0.3) is 0 Å². The van der Waals surface area contributed by atoms with Gasteiger partial charge in [-0.2, -0.15) is 13.2 Å². The maximum Gasteiger partial charge on any atom is 0.416 e. The van der Waals surface area contributed by atoms with Gasteiger partial charge in [-0.25, -0.2) is 0 Å². The molecule has 0 saturated carbocycles. The van der Waals surface area contributed by atoms with Crippen LogP contribution in [0.5, 0.6) is 0 Å². The van der Waals surface area contributed by atoms with E-state index in [1.807, 2.05) is 0 Å². The van der Waals surface area contributed by atoms with Crippen molar-refractivity contribution in [2.24, 2.45) is 5.73 Å². The van der Waals surface area contributed by atoms with E-state index in [9.17, 15) is 23.1 Å². The molecule has 0 heterocycles. The lowest BCUT2D eigenvalue weighted by Crippen LogP contribution is -2.38. The molecule has 0 aliphatic rings. The van der Waals surface area contributed by atoms with Gasteiger partial charge in [0.1, 0.15) is 6.10 Å². The zero-order valence-corrected chi connectivity index (χ0v) is 10.2. The Labute approximate surface area is 108 Å². The van der Waals surface area contributed by atoms with E-state index in [0.29, 0.717) is 5.56 Å². The molecule has 106 valence electrons. The Bertz CT molecular complexity index is 449. The number of benzene rings is 1. The van der Waals surface area contributed by atoms with E-state index < -0.39 is 29.8 Å². The van der Waals surface area contributed by atoms with Crippen LogP contribution in [0.15, 0.2) is 24.3 Å². The van der Waals surface area contributed by atoms with Crippen LogP contribution in [-0.4, -0.2) is 23.7 Å². The van der Waals surface area contributed by atoms with E-state index in [0.717, 1.165) is 12.1 Å². The molecule has 4 nitrogen and oxygen atoms in total. The SMILES string of the molecule is CC(NCC(O)C(N)=O)c1cccc(C(F)(F)F)c1. The average Bonchev–Trinajstić information content (AvgIpc) is 2.34. The van der Waals surface area contributed by atoms with E-state index in [1.54, 1.807) is 6.92 Å². The number of aliphatic hydroxyl groups is 1. The minimum atomic E-state index is -4.40. The molecule has 0 bridgehead atoms. The number of nitrogens with one attached hydrogen (secondary N) is 1. The monoisotopic (exact) mass is 276 g/mol. The van der Waals surface area contributed by atoms with Crippen molar-refractivity contribution in [3.8, 4) is 0 Å². The van der Waals surface area contributed by atoms with Crippen molar-refractivity contribution in [3.05, 3.63) is 35.4 Å². The molecule has 7 heteroatoms. The first-order chi connectivity index (χ1) is 8.71. The standard InChI is InChI=1S/C12H15F3N2O2/c1-7(17-6-10(18)11(16)19)8-3-2-4-9(5-8)12(13,14)15/h2-5,7,10,17-18H,6H2,1H3,(H2,16,19). The van der Waals surface area contributed by atoms with Crippen molar-refractivity contribution >= 4 is 5.91 Å². The second kappa shape index (κ2) is 6.03. The minimum Gasteiger partial charge on any atom is -0.382 e. The van der Waals surface area contributed by atoms with Crippen LogP contribution in [0.2, 0.25) is 0 Å². The number of primary amides is 1. The largest absolute Gasteiger partial charge is 0.416 e. The van der Waals surface area contributed by atoms with Gasteiger partial charge in [-0.15, -0.1) is 0 Å². The third kappa shape index (κ3) is 4.53. The van der Waals surface area contributed by atoms with Gasteiger partial charge in [0.2, 0.25) is 5.91 Å². The summed E-state index contributed by atoms with van der Waals surface area (Å²) in [7, 11) is 0. The summed E-state index contributed by atoms with van der Waals surface area (Å²) >= 11 is 0. The number of halogens is 3. The first-order valence-corrected chi connectivity index (χ1v) is 5.59. The predicted octanol–water partition coefficient (Wildman–Crippen LogP) is 1.20. The molecule has 0 aliphatic heterocycles. The van der Waals surface area contributed by atoms with Crippen LogP contribution in [0.3, 0.4) is 0 Å². The number of carbonyl (C=O) groups excluding carboxylic acids is 1. The average molecular weight is 276 g/mol. The van der Waals surface area contributed by atoms with Gasteiger partial charge in [-0.05, 0) is 24.6 Å². The summed E-state index contributed by atoms with van der Waals surface area (Å²) in [6.45, 7) is 1.51. The highest BCUT2D eigenvalue weighted by atomic mass is 19.4. The molecule has 0 aromatic heterocycles. The smallest absolute Gasteiger partial charge is 0.382 e. The van der Waals surface area contributed by atoms with Crippen molar-refractivity contribution in [1.82, 2.24) is 5.32 Å². The fourth-order valence-electron chi connectivity index (χ4n) is 1.49. The molecule has 2 unspecified atom stereocenters. The van der Waals surface area contributed by atoms with E-state index in [4.69, 9.17) is 5.73 Å². The normalized spacial score (nSPS) is 15.0. The van der Waals surface area contributed by atoms with Gasteiger partial charge in [0.15, 0.2) is 0 Å². The number of hydrogen-bond acceptors (Lipinski definition) is 3. The topological polar surface area (TPSA) is 75.3 Å². The molecular formula is C12H15F3N2O2. The Kier molecular flexibility index (Phi) is 4.90. The molecule has 0 aliphatic carbocycles. The molecule has 1 aromatic rings. The third-order valence-corrected chi connectivity index (χ3v) is 2.66. The van der Waals surface area contributed by atoms with Crippen molar-refractivity contribution in [2.45, 2.75) is 25.2 Å². The molecule has 0 radical (unpaired) electrons. The molecule has 4 N–H and O–H groups in total. The summed E-state index contributed by atoms with van der Waals surface area (Å²) in [6.07, 6.45) is -5.77. The first-order valence-electron chi connectivity index (χ1n) is 5.59. The van der Waals surface area contributed by atoms with Gasteiger partial charge in [0.05, 0.1) is 5.56 Å². The summed E-state index contributed by atoms with van der Waals surface area (Å²) in [6, 6.07) is 4.39. The Hall–Kier alpha value is -1.60. The van der Waals surface area contributed by atoms with Crippen LogP contribution >= 0.6 is 0 Å². The van der Waals surface area contributed by atoms with E-state index in [2.05, 4.69) is 5.32 Å². The lowest BCUT2D eigenvalue weighted by molar-refractivity contribution is -0.137. The Morgan fingerprint density at radius 1 is 1.47 bits per heavy atom. The summed E-state index contributed by atoms with van der Waals surface area (Å²) in [5.74, 6) is -0.885. The van der Waals surface area contributed by atoms with Gasteiger partial charge in [-0.1, -0.05) is 12.1 Å². The van der Waals surface area contributed by atoms with Gasteiger partial charge >= 0.3 is 6.18 Å². The Morgan fingerprint density at radius 3 is 2.63 bits per heavy atom. The fourth-order valence-corrected chi connectivity index (χ4v) is 1.49. The number of aliphatic hydroxyl groups excluding tert-OH is 1. The van der Waals surface area contributed by atoms with Crippen molar-refractivity contribution in [3.63, 3.8) is 0 Å². The van der Waals surface area contributed by atoms with Crippen LogP contribution in [-0.2, 0) is 11.0 Å². The zero-order chi connectivity index (χ0) is 14.6. The number of nitrogens with two attached hydrogens (primary N) is 1. The van der Waals surface area contributed by atoms with E-state index in [-0.39, 0.29) is 6.54 Å². The summed E-state index contributed by atoms with van der Waals surface area (Å²) in [5.41, 5.74) is 4.53. The first kappa shape index (κ1) is 15.5. The van der Waals surface area contributed by atoms with Gasteiger partial charge in [0, 0.05) is 12.6 Å². The molecule has 19 heavy (non-hydrogen) atoms. The van der Waals surface area contributed by atoms with E-state index >= 15 is 0 Å². The van der Waals surface area contributed by atoms with E-state index in [1.165, 1.54) is 12.1 Å². The molecule has 0 saturated heterocycles. The Morgan fingerprint density at radius 2 is 2.11 bits per heavy atom. The maximum absolute atomic E-state index is 12.5. The third-order valence-electron chi connectivity index (χ3n) is 2.66. The summed E-state index contributed by atoms with van der Waals surface area (Å²) in [4.78, 5) is 10.6. The molecule has 2 atom stereocenters. The van der Waals surface area contributed by atoms with Gasteiger partial charge in [-0.3, -0.25) is 4.79 Å². The van der Waals surface area contributed by atoms with Crippen LogP contribution in [0.4, 0.5) is 13.2 Å². The van der Waals surface area contributed by atoms with Gasteiger partial charge < -0.3 is 16.2 Å². The Balaban J connectivity index is 2.72. The minimum absolute atomic E-state index is 0.118. The highest BCUT2D eigenvalue weighted by Crippen LogP contribution is 2.30. The number of carbonyl (C=O) groups is 1. The second-order valence-corrected chi connectivity index (χ2v) is 4.17. The van der Waals surface area contributed by atoms with Crippen molar-refractivity contribution in [2.75, 3.05) is 6.54 Å². The van der Waals surface area contributed by atoms with Crippen LogP contribution < -0.4 is 11.1 Å². The lowest BCUT2D eigenvalue weighted by atomic mass is 10.0. The predicted molar refractivity (Wildman–Crippen MR) is 63.1 cm³/mol. The molecule has 1 rings (SSSR count).